The maximum Gasteiger partial charge on any atom is 0.287 e. The van der Waals surface area contributed by atoms with Gasteiger partial charge in [0.25, 0.3) is 5.91 Å². The van der Waals surface area contributed by atoms with Gasteiger partial charge in [0, 0.05) is 12.2 Å². The average Bonchev–Trinajstić information content (AvgIpc) is 3.46. The second-order valence-corrected chi connectivity index (χ2v) is 8.65. The average molecular weight is 491 g/mol. The highest BCUT2D eigenvalue weighted by atomic mass is 16.5. The van der Waals surface area contributed by atoms with Crippen molar-refractivity contribution in [1.82, 2.24) is 15.6 Å². The summed E-state index contributed by atoms with van der Waals surface area (Å²) in [6.07, 6.45) is 9.58. The van der Waals surface area contributed by atoms with Crippen LogP contribution in [0.25, 0.3) is 0 Å². The molecule has 2 N–H and O–H groups in total. The van der Waals surface area contributed by atoms with Crippen LogP contribution in [-0.4, -0.2) is 42.4 Å². The summed E-state index contributed by atoms with van der Waals surface area (Å²) in [5, 5.41) is 5.74. The lowest BCUT2D eigenvalue weighted by atomic mass is 9.94. The molecule has 1 saturated carbocycles. The molecule has 4 rings (SSSR count). The van der Waals surface area contributed by atoms with Gasteiger partial charge in [0.1, 0.15) is 11.8 Å². The Morgan fingerprint density at radius 2 is 1.86 bits per heavy atom. The van der Waals surface area contributed by atoms with Crippen molar-refractivity contribution in [3.05, 3.63) is 78.5 Å². The number of nitrogens with zero attached hydrogens (tertiary/aromatic N) is 2. The summed E-state index contributed by atoms with van der Waals surface area (Å²) in [7, 11) is 1.56. The molecule has 1 atom stereocenters. The summed E-state index contributed by atoms with van der Waals surface area (Å²) in [5.74, 6) is -0.552. The number of carbonyl (C=O) groups is 3. The zero-order chi connectivity index (χ0) is 25.3. The number of methoxy groups -OCH3 is 1. The van der Waals surface area contributed by atoms with Gasteiger partial charge in [-0.3, -0.25) is 24.3 Å². The van der Waals surface area contributed by atoms with Gasteiger partial charge in [-0.1, -0.05) is 31.4 Å². The second kappa shape index (κ2) is 12.0. The van der Waals surface area contributed by atoms with E-state index in [4.69, 9.17) is 9.15 Å². The number of rotatable bonds is 9. The first kappa shape index (κ1) is 25.0. The van der Waals surface area contributed by atoms with E-state index in [1.54, 1.807) is 55.8 Å². The number of furan rings is 1. The molecule has 9 nitrogen and oxygen atoms in total. The van der Waals surface area contributed by atoms with Gasteiger partial charge in [0.15, 0.2) is 5.76 Å². The van der Waals surface area contributed by atoms with Crippen LogP contribution < -0.4 is 20.3 Å². The standard InChI is InChI=1S/C27H30N4O5/c1-35-22-13-11-19(12-14-22)25(27(34)30-20-7-3-2-4-8-20)31(21-9-5-15-28-17-21)24(32)18-29-26(33)23-10-6-16-36-23/h5-6,9-17,20,25H,2-4,7-8,18H2,1H3,(H,29,33)(H,30,34)/t25-/m1/s1. The van der Waals surface area contributed by atoms with E-state index >= 15 is 0 Å². The first-order chi connectivity index (χ1) is 17.6. The maximum absolute atomic E-state index is 13.8. The number of aromatic nitrogens is 1. The van der Waals surface area contributed by atoms with Gasteiger partial charge < -0.3 is 19.8 Å². The molecular formula is C27H30N4O5. The lowest BCUT2D eigenvalue weighted by molar-refractivity contribution is -0.127. The lowest BCUT2D eigenvalue weighted by Gasteiger charge is -2.33. The van der Waals surface area contributed by atoms with Crippen LogP contribution in [0.4, 0.5) is 5.69 Å². The topological polar surface area (TPSA) is 114 Å². The summed E-state index contributed by atoms with van der Waals surface area (Å²) in [5.41, 5.74) is 1.05. The fraction of sp³-hybridized carbons (Fsp3) is 0.333. The molecule has 2 aromatic heterocycles. The summed E-state index contributed by atoms with van der Waals surface area (Å²) in [6, 6.07) is 12.6. The maximum atomic E-state index is 13.8. The minimum Gasteiger partial charge on any atom is -0.497 e. The molecule has 0 bridgehead atoms. The van der Waals surface area contributed by atoms with Crippen molar-refractivity contribution in [2.24, 2.45) is 0 Å². The minimum absolute atomic E-state index is 0.0523. The van der Waals surface area contributed by atoms with Crippen LogP contribution in [-0.2, 0) is 9.59 Å². The molecular weight excluding hydrogens is 460 g/mol. The van der Waals surface area contributed by atoms with E-state index in [0.717, 1.165) is 32.1 Å². The Balaban J connectivity index is 1.65. The first-order valence-corrected chi connectivity index (χ1v) is 12.0. The molecule has 1 fully saturated rings. The lowest BCUT2D eigenvalue weighted by Crippen LogP contribution is -2.49. The Bertz CT molecular complexity index is 1140. The Kier molecular flexibility index (Phi) is 8.33. The molecule has 0 saturated heterocycles. The molecule has 1 aliphatic carbocycles. The van der Waals surface area contributed by atoms with Gasteiger partial charge in [0.05, 0.1) is 31.8 Å². The minimum atomic E-state index is -0.977. The normalized spacial score (nSPS) is 14.5. The Morgan fingerprint density at radius 1 is 1.08 bits per heavy atom. The van der Waals surface area contributed by atoms with Crippen molar-refractivity contribution in [3.8, 4) is 5.75 Å². The molecule has 3 aromatic rings. The SMILES string of the molecule is COc1ccc([C@H](C(=O)NC2CCCCC2)N(C(=O)CNC(=O)c2ccco2)c2cccnc2)cc1. The predicted octanol–water partition coefficient (Wildman–Crippen LogP) is 3.64. The highest BCUT2D eigenvalue weighted by Crippen LogP contribution is 2.29. The number of ether oxygens (including phenoxy) is 1. The van der Waals surface area contributed by atoms with Gasteiger partial charge in [0.2, 0.25) is 11.8 Å². The van der Waals surface area contributed by atoms with Crippen LogP contribution in [0, 0.1) is 0 Å². The van der Waals surface area contributed by atoms with E-state index in [2.05, 4.69) is 15.6 Å². The Morgan fingerprint density at radius 3 is 2.50 bits per heavy atom. The molecule has 188 valence electrons. The molecule has 0 unspecified atom stereocenters. The third-order valence-corrected chi connectivity index (χ3v) is 6.23. The number of pyridine rings is 1. The molecule has 9 heteroatoms. The first-order valence-electron chi connectivity index (χ1n) is 12.0. The molecule has 1 aromatic carbocycles. The summed E-state index contributed by atoms with van der Waals surface area (Å²) >= 11 is 0. The Labute approximate surface area is 209 Å². The third-order valence-electron chi connectivity index (χ3n) is 6.23. The fourth-order valence-corrected chi connectivity index (χ4v) is 4.40. The van der Waals surface area contributed by atoms with Crippen LogP contribution in [0.5, 0.6) is 5.75 Å². The van der Waals surface area contributed by atoms with Gasteiger partial charge in [-0.15, -0.1) is 0 Å². The van der Waals surface area contributed by atoms with Crippen molar-refractivity contribution >= 4 is 23.4 Å². The van der Waals surface area contributed by atoms with Crippen molar-refractivity contribution in [3.63, 3.8) is 0 Å². The molecule has 0 aliphatic heterocycles. The third kappa shape index (κ3) is 6.10. The molecule has 0 spiro atoms. The number of hydrogen-bond acceptors (Lipinski definition) is 6. The van der Waals surface area contributed by atoms with Crippen molar-refractivity contribution in [2.75, 3.05) is 18.6 Å². The predicted molar refractivity (Wildman–Crippen MR) is 134 cm³/mol. The number of nitrogens with one attached hydrogen (secondary N) is 2. The van der Waals surface area contributed by atoms with E-state index in [1.165, 1.54) is 23.4 Å². The summed E-state index contributed by atoms with van der Waals surface area (Å²) < 4.78 is 10.4. The van der Waals surface area contributed by atoms with E-state index in [0.29, 0.717) is 17.0 Å². The number of benzene rings is 1. The highest BCUT2D eigenvalue weighted by Gasteiger charge is 2.34. The fourth-order valence-electron chi connectivity index (χ4n) is 4.40. The number of carbonyl (C=O) groups excluding carboxylic acids is 3. The zero-order valence-electron chi connectivity index (χ0n) is 20.2. The summed E-state index contributed by atoms with van der Waals surface area (Å²) in [6.45, 7) is -0.336. The smallest absolute Gasteiger partial charge is 0.287 e. The van der Waals surface area contributed by atoms with Crippen molar-refractivity contribution < 1.29 is 23.5 Å². The van der Waals surface area contributed by atoms with Crippen LogP contribution in [0.2, 0.25) is 0 Å². The molecule has 0 radical (unpaired) electrons. The molecule has 36 heavy (non-hydrogen) atoms. The number of amides is 3. The van der Waals surface area contributed by atoms with Crippen LogP contribution in [0.3, 0.4) is 0 Å². The van der Waals surface area contributed by atoms with Gasteiger partial charge >= 0.3 is 0 Å². The van der Waals surface area contributed by atoms with Gasteiger partial charge in [-0.2, -0.15) is 0 Å². The molecule has 3 amide bonds. The quantitative estimate of drug-likeness (QED) is 0.474. The van der Waals surface area contributed by atoms with Crippen LogP contribution in [0.15, 0.2) is 71.6 Å². The van der Waals surface area contributed by atoms with Crippen molar-refractivity contribution in [2.45, 2.75) is 44.2 Å². The summed E-state index contributed by atoms with van der Waals surface area (Å²) in [4.78, 5) is 45.3. The molecule has 2 heterocycles. The highest BCUT2D eigenvalue weighted by molar-refractivity contribution is 6.04. The van der Waals surface area contributed by atoms with Crippen molar-refractivity contribution in [1.29, 1.82) is 0 Å². The monoisotopic (exact) mass is 490 g/mol. The largest absolute Gasteiger partial charge is 0.497 e. The Hall–Kier alpha value is -4.14. The molecule has 1 aliphatic rings. The van der Waals surface area contributed by atoms with E-state index in [9.17, 15) is 14.4 Å². The van der Waals surface area contributed by atoms with Crippen LogP contribution >= 0.6 is 0 Å². The van der Waals surface area contributed by atoms with Crippen LogP contribution in [0.1, 0.15) is 54.3 Å². The van der Waals surface area contributed by atoms with Gasteiger partial charge in [-0.05, 0) is 54.8 Å². The van der Waals surface area contributed by atoms with E-state index in [1.807, 2.05) is 0 Å². The zero-order valence-corrected chi connectivity index (χ0v) is 20.2. The second-order valence-electron chi connectivity index (χ2n) is 8.65. The van der Waals surface area contributed by atoms with Gasteiger partial charge in [-0.25, -0.2) is 0 Å². The van der Waals surface area contributed by atoms with E-state index in [-0.39, 0.29) is 24.3 Å². The number of anilines is 1. The van der Waals surface area contributed by atoms with E-state index < -0.39 is 17.9 Å². The number of hydrogen-bond donors (Lipinski definition) is 2.